The topological polar surface area (TPSA) is 24.4 Å². The normalized spacial score (nSPS) is 21.0. The van der Waals surface area contributed by atoms with Crippen LogP contribution < -0.4 is 5.32 Å². The second-order valence-corrected chi connectivity index (χ2v) is 2.76. The molecular weight excluding hydrogens is 210 g/mol. The maximum Gasteiger partial charge on any atom is 0.301 e. The van der Waals surface area contributed by atoms with Gasteiger partial charge in [0, 0.05) is 6.20 Å². The lowest BCUT2D eigenvalue weighted by molar-refractivity contribution is 0.140. The van der Waals surface area contributed by atoms with E-state index in [-0.39, 0.29) is 12.4 Å². The summed E-state index contributed by atoms with van der Waals surface area (Å²) in [4.78, 5) is 3.31. The fourth-order valence-electron chi connectivity index (χ4n) is 0.645. The summed E-state index contributed by atoms with van der Waals surface area (Å²) in [5.41, 5.74) is 0. The second kappa shape index (κ2) is 6.68. The van der Waals surface area contributed by atoms with Gasteiger partial charge in [0.25, 0.3) is 0 Å². The zero-order chi connectivity index (χ0) is 9.57. The van der Waals surface area contributed by atoms with Gasteiger partial charge in [-0.3, -0.25) is 4.99 Å². The lowest BCUT2D eigenvalue weighted by atomic mass is 10.3. The molecule has 2 rings (SSSR count). The van der Waals surface area contributed by atoms with Gasteiger partial charge in [0.2, 0.25) is 0 Å². The number of hydrogen-bond acceptors (Lipinski definition) is 2. The number of allylic oxidation sites excluding steroid dienone is 3. The Labute approximate surface area is 88.2 Å². The molecule has 0 saturated carbocycles. The fourth-order valence-corrected chi connectivity index (χ4v) is 0.645. The summed E-state index contributed by atoms with van der Waals surface area (Å²) in [7, 11) is 0. The summed E-state index contributed by atoms with van der Waals surface area (Å²) in [5, 5.41) is 3.11. The van der Waals surface area contributed by atoms with Crippen LogP contribution in [0.1, 0.15) is 6.42 Å². The summed E-state index contributed by atoms with van der Waals surface area (Å²) in [6.45, 7) is 2.50. The molecule has 1 fully saturated rings. The van der Waals surface area contributed by atoms with Gasteiger partial charge in [0.1, 0.15) is 0 Å². The highest BCUT2D eigenvalue weighted by Crippen LogP contribution is 2.13. The van der Waals surface area contributed by atoms with Crippen molar-refractivity contribution in [2.75, 3.05) is 13.1 Å². The van der Waals surface area contributed by atoms with Crippen LogP contribution in [0.4, 0.5) is 8.78 Å². The van der Waals surface area contributed by atoms with Gasteiger partial charge >= 0.3 is 5.92 Å². The van der Waals surface area contributed by atoms with Gasteiger partial charge in [-0.1, -0.05) is 6.08 Å². The van der Waals surface area contributed by atoms with Gasteiger partial charge in [-0.25, -0.2) is 0 Å². The van der Waals surface area contributed by atoms with E-state index in [1.54, 1.807) is 0 Å². The molecule has 2 heterocycles. The maximum absolute atomic E-state index is 12.2. The molecule has 2 nitrogen and oxygen atoms in total. The van der Waals surface area contributed by atoms with Crippen molar-refractivity contribution in [1.29, 1.82) is 0 Å². The Kier molecular flexibility index (Phi) is 6.32. The lowest BCUT2D eigenvalue weighted by Crippen LogP contribution is -2.29. The summed E-state index contributed by atoms with van der Waals surface area (Å²) >= 11 is 0. The first-order chi connectivity index (χ1) is 6.21. The Balaban J connectivity index is 0.000000286. The summed E-state index contributed by atoms with van der Waals surface area (Å²) in [6, 6.07) is 0. The first-order valence-electron chi connectivity index (χ1n) is 4.18. The Hall–Kier alpha value is -0.740. The van der Waals surface area contributed by atoms with Gasteiger partial charge in [-0.05, 0) is 31.7 Å². The third-order valence-corrected chi connectivity index (χ3v) is 1.56. The molecule has 1 saturated heterocycles. The van der Waals surface area contributed by atoms with Crippen molar-refractivity contribution < 1.29 is 8.78 Å². The lowest BCUT2D eigenvalue weighted by Gasteiger charge is -2.09. The molecule has 2 aliphatic heterocycles. The van der Waals surface area contributed by atoms with Crippen LogP contribution in [-0.4, -0.2) is 25.2 Å². The van der Waals surface area contributed by atoms with Gasteiger partial charge < -0.3 is 5.32 Å². The number of rotatable bonds is 0. The average Bonchev–Trinajstić information content (AvgIpc) is 2.08. The zero-order valence-electron chi connectivity index (χ0n) is 7.62. The van der Waals surface area contributed by atoms with Crippen molar-refractivity contribution >= 4 is 18.6 Å². The van der Waals surface area contributed by atoms with E-state index in [2.05, 4.69) is 10.3 Å². The van der Waals surface area contributed by atoms with Crippen molar-refractivity contribution in [3.05, 3.63) is 24.4 Å². The van der Waals surface area contributed by atoms with Gasteiger partial charge in [0.05, 0.1) is 6.21 Å². The highest BCUT2D eigenvalue weighted by atomic mass is 35.5. The van der Waals surface area contributed by atoms with Crippen LogP contribution in [-0.2, 0) is 0 Å². The molecule has 5 heteroatoms. The molecule has 0 amide bonds. The monoisotopic (exact) mass is 222 g/mol. The molecule has 80 valence electrons. The van der Waals surface area contributed by atoms with Crippen LogP contribution >= 0.6 is 12.4 Å². The van der Waals surface area contributed by atoms with E-state index in [1.165, 1.54) is 37.9 Å². The maximum atomic E-state index is 12.2. The molecule has 0 atom stereocenters. The molecule has 1 N–H and O–H groups in total. The molecule has 2 aliphatic rings. The van der Waals surface area contributed by atoms with E-state index < -0.39 is 5.92 Å². The van der Waals surface area contributed by atoms with Crippen LogP contribution in [0.3, 0.4) is 0 Å². The molecule has 14 heavy (non-hydrogen) atoms. The first-order valence-corrected chi connectivity index (χ1v) is 4.18. The van der Waals surface area contributed by atoms with Crippen LogP contribution in [0.2, 0.25) is 0 Å². The van der Waals surface area contributed by atoms with Crippen molar-refractivity contribution in [3.63, 3.8) is 0 Å². The van der Waals surface area contributed by atoms with Crippen molar-refractivity contribution in [2.24, 2.45) is 4.99 Å². The molecular formula is C9H13ClF2N2. The zero-order valence-corrected chi connectivity index (χ0v) is 8.44. The number of aliphatic imine (C=N–C) groups is 1. The predicted octanol–water partition coefficient (Wildman–Crippen LogP) is 2.18. The van der Waals surface area contributed by atoms with E-state index >= 15 is 0 Å². The number of nitrogens with one attached hydrogen (secondary N) is 1. The number of nitrogens with zero attached hydrogens (tertiary/aromatic N) is 1. The molecule has 0 unspecified atom stereocenters. The minimum Gasteiger partial charge on any atom is -0.317 e. The third-order valence-electron chi connectivity index (χ3n) is 1.56. The summed E-state index contributed by atoms with van der Waals surface area (Å²) in [5.74, 6) is -2.87. The molecule has 0 aromatic heterocycles. The van der Waals surface area contributed by atoms with E-state index in [0.717, 1.165) is 6.08 Å². The number of halogens is 3. The van der Waals surface area contributed by atoms with Gasteiger partial charge in [-0.2, -0.15) is 8.78 Å². The highest BCUT2D eigenvalue weighted by Gasteiger charge is 2.21. The largest absolute Gasteiger partial charge is 0.317 e. The second-order valence-electron chi connectivity index (χ2n) is 2.76. The minimum absolute atomic E-state index is 0. The van der Waals surface area contributed by atoms with Crippen molar-refractivity contribution in [2.45, 2.75) is 12.3 Å². The first kappa shape index (κ1) is 13.3. The minimum atomic E-state index is -2.87. The SMILES string of the molecule is C1CNC1.Cl.FC1(F)C=CC=CN=C1. The number of alkyl halides is 2. The Morgan fingerprint density at radius 3 is 2.29 bits per heavy atom. The van der Waals surface area contributed by atoms with Crippen LogP contribution in [0, 0.1) is 0 Å². The van der Waals surface area contributed by atoms with Crippen LogP contribution in [0.5, 0.6) is 0 Å². The standard InChI is InChI=1S/C6H5F2N.C3H7N.ClH/c7-6(8)3-1-2-4-9-5-6;1-2-4-3-1;/h1-5H;4H,1-3H2;1H. The Morgan fingerprint density at radius 1 is 1.21 bits per heavy atom. The Morgan fingerprint density at radius 2 is 1.79 bits per heavy atom. The highest BCUT2D eigenvalue weighted by molar-refractivity contribution is 5.85. The molecule has 0 aromatic rings. The molecule has 0 aliphatic carbocycles. The van der Waals surface area contributed by atoms with Gasteiger partial charge in [-0.15, -0.1) is 12.4 Å². The Bertz CT molecular complexity index is 211. The average molecular weight is 223 g/mol. The predicted molar refractivity (Wildman–Crippen MR) is 56.5 cm³/mol. The van der Waals surface area contributed by atoms with Crippen LogP contribution in [0.15, 0.2) is 29.4 Å². The quantitative estimate of drug-likeness (QED) is 0.668. The molecule has 0 spiro atoms. The molecule has 0 bridgehead atoms. The molecule has 0 radical (unpaired) electrons. The number of hydrogen-bond donors (Lipinski definition) is 1. The van der Waals surface area contributed by atoms with Crippen LogP contribution in [0.25, 0.3) is 0 Å². The third kappa shape index (κ3) is 5.83. The van der Waals surface area contributed by atoms with Crippen molar-refractivity contribution in [3.8, 4) is 0 Å². The fraction of sp³-hybridized carbons (Fsp3) is 0.444. The van der Waals surface area contributed by atoms with E-state index in [9.17, 15) is 8.78 Å². The van der Waals surface area contributed by atoms with Gasteiger partial charge in [0.15, 0.2) is 0 Å². The summed E-state index contributed by atoms with van der Waals surface area (Å²) in [6.07, 6.45) is 6.83. The van der Waals surface area contributed by atoms with E-state index in [4.69, 9.17) is 0 Å². The van der Waals surface area contributed by atoms with Crippen molar-refractivity contribution in [1.82, 2.24) is 5.32 Å². The summed E-state index contributed by atoms with van der Waals surface area (Å²) < 4.78 is 24.4. The van der Waals surface area contributed by atoms with E-state index in [1.807, 2.05) is 0 Å². The molecule has 0 aromatic carbocycles. The smallest absolute Gasteiger partial charge is 0.301 e. The van der Waals surface area contributed by atoms with E-state index in [0.29, 0.717) is 6.21 Å².